The molecule has 0 radical (unpaired) electrons. The van der Waals surface area contributed by atoms with E-state index in [0.717, 1.165) is 5.56 Å². The number of rotatable bonds is 4. The third kappa shape index (κ3) is 2.69. The third-order valence-corrected chi connectivity index (χ3v) is 5.59. The summed E-state index contributed by atoms with van der Waals surface area (Å²) >= 11 is 0. The van der Waals surface area contributed by atoms with Crippen molar-refractivity contribution in [1.82, 2.24) is 0 Å². The molecule has 0 aliphatic carbocycles. The van der Waals surface area contributed by atoms with Crippen molar-refractivity contribution < 1.29 is 8.42 Å². The molecule has 0 aliphatic rings. The van der Waals surface area contributed by atoms with Gasteiger partial charge in [0.05, 0.1) is 9.64 Å². The number of hydrogen-bond acceptors (Lipinski definition) is 3. The smallest absolute Gasteiger partial charge is 0.184 e. The highest BCUT2D eigenvalue weighted by Crippen LogP contribution is 2.25. The topological polar surface area (TPSA) is 60.2 Å². The van der Waals surface area contributed by atoms with Crippen LogP contribution in [-0.2, 0) is 9.84 Å². The monoisotopic (exact) mass is 255 g/mol. The third-order valence-electron chi connectivity index (χ3n) is 3.08. The quantitative estimate of drug-likeness (QED) is 0.898. The van der Waals surface area contributed by atoms with Crippen LogP contribution in [0.5, 0.6) is 0 Å². The Kier molecular flexibility index (Phi) is 3.99. The summed E-state index contributed by atoms with van der Waals surface area (Å²) in [4.78, 5) is 0.345. The Bertz CT molecular complexity index is 473. The van der Waals surface area contributed by atoms with E-state index in [-0.39, 0.29) is 6.54 Å². The first-order valence-electron chi connectivity index (χ1n) is 5.77. The van der Waals surface area contributed by atoms with Gasteiger partial charge in [-0.25, -0.2) is 8.42 Å². The number of nitrogens with two attached hydrogens (primary N) is 1. The van der Waals surface area contributed by atoms with Crippen molar-refractivity contribution in [2.75, 3.05) is 6.54 Å². The van der Waals surface area contributed by atoms with E-state index in [9.17, 15) is 8.42 Å². The van der Waals surface area contributed by atoms with Crippen LogP contribution in [0, 0.1) is 0 Å². The van der Waals surface area contributed by atoms with Crippen LogP contribution in [-0.4, -0.2) is 19.7 Å². The first kappa shape index (κ1) is 14.2. The van der Waals surface area contributed by atoms with Crippen LogP contribution >= 0.6 is 0 Å². The van der Waals surface area contributed by atoms with E-state index >= 15 is 0 Å². The minimum atomic E-state index is -3.36. The lowest BCUT2D eigenvalue weighted by molar-refractivity contribution is 0.549. The molecule has 1 rings (SSSR count). The van der Waals surface area contributed by atoms with Gasteiger partial charge in [-0.15, -0.1) is 0 Å². The Balaban J connectivity index is 3.18. The zero-order valence-electron chi connectivity index (χ0n) is 10.9. The van der Waals surface area contributed by atoms with E-state index in [1.165, 1.54) is 0 Å². The molecule has 0 saturated carbocycles. The van der Waals surface area contributed by atoms with Crippen molar-refractivity contribution in [2.24, 2.45) is 5.73 Å². The first-order valence-corrected chi connectivity index (χ1v) is 7.25. The van der Waals surface area contributed by atoms with Crippen molar-refractivity contribution in [1.29, 1.82) is 0 Å². The molecule has 3 nitrogen and oxygen atoms in total. The Hall–Kier alpha value is -0.870. The summed E-state index contributed by atoms with van der Waals surface area (Å²) in [6, 6.07) is 7.07. The normalized spacial score (nSPS) is 13.1. The van der Waals surface area contributed by atoms with Crippen LogP contribution in [0.2, 0.25) is 0 Å². The van der Waals surface area contributed by atoms with Crippen molar-refractivity contribution in [2.45, 2.75) is 43.3 Å². The molecule has 1 aromatic rings. The maximum absolute atomic E-state index is 12.3. The maximum Gasteiger partial charge on any atom is 0.184 e. The average Bonchev–Trinajstić information content (AvgIpc) is 2.28. The summed E-state index contributed by atoms with van der Waals surface area (Å²) in [5.41, 5.74) is 6.66. The number of sulfone groups is 1. The minimum Gasteiger partial charge on any atom is -0.329 e. The molecule has 0 fully saturated rings. The molecule has 0 spiro atoms. The fourth-order valence-corrected chi connectivity index (χ4v) is 2.81. The summed E-state index contributed by atoms with van der Waals surface area (Å²) in [5, 5.41) is 0. The molecular formula is C13H21NO2S. The van der Waals surface area contributed by atoms with Gasteiger partial charge in [0.1, 0.15) is 0 Å². The molecule has 1 aromatic carbocycles. The second kappa shape index (κ2) is 4.78. The van der Waals surface area contributed by atoms with Gasteiger partial charge in [0.2, 0.25) is 0 Å². The summed E-state index contributed by atoms with van der Waals surface area (Å²) in [6.45, 7) is 7.57. The lowest BCUT2D eigenvalue weighted by Gasteiger charge is -2.23. The number of benzene rings is 1. The summed E-state index contributed by atoms with van der Waals surface area (Å²) in [7, 11) is -3.36. The molecule has 0 unspecified atom stereocenters. The molecule has 0 atom stereocenters. The lowest BCUT2D eigenvalue weighted by Crippen LogP contribution is -2.39. The molecule has 0 aliphatic heterocycles. The SMILES string of the molecule is CC(C)c1ccc(S(=O)(=O)C(C)(C)CN)cc1. The van der Waals surface area contributed by atoms with E-state index in [2.05, 4.69) is 13.8 Å². The largest absolute Gasteiger partial charge is 0.329 e. The predicted molar refractivity (Wildman–Crippen MR) is 70.9 cm³/mol. The first-order chi connectivity index (χ1) is 7.72. The summed E-state index contributed by atoms with van der Waals surface area (Å²) < 4.78 is 23.6. The molecule has 0 aromatic heterocycles. The van der Waals surface area contributed by atoms with Crippen molar-refractivity contribution >= 4 is 9.84 Å². The van der Waals surface area contributed by atoms with Crippen molar-refractivity contribution in [3.8, 4) is 0 Å². The zero-order chi connectivity index (χ0) is 13.3. The van der Waals surface area contributed by atoms with Gasteiger partial charge in [-0.05, 0) is 37.5 Å². The molecule has 17 heavy (non-hydrogen) atoms. The second-order valence-corrected chi connectivity index (χ2v) is 7.77. The molecule has 2 N–H and O–H groups in total. The Morgan fingerprint density at radius 1 is 1.18 bits per heavy atom. The van der Waals surface area contributed by atoms with Crippen LogP contribution in [0.25, 0.3) is 0 Å². The molecular weight excluding hydrogens is 234 g/mol. The summed E-state index contributed by atoms with van der Waals surface area (Å²) in [5.74, 6) is 0.397. The van der Waals surface area contributed by atoms with E-state index < -0.39 is 14.6 Å². The van der Waals surface area contributed by atoms with E-state index in [4.69, 9.17) is 5.73 Å². The maximum atomic E-state index is 12.3. The highest BCUT2D eigenvalue weighted by Gasteiger charge is 2.34. The van der Waals surface area contributed by atoms with E-state index in [1.54, 1.807) is 26.0 Å². The molecule has 0 saturated heterocycles. The van der Waals surface area contributed by atoms with Crippen LogP contribution in [0.4, 0.5) is 0 Å². The van der Waals surface area contributed by atoms with E-state index in [0.29, 0.717) is 10.8 Å². The van der Waals surface area contributed by atoms with Gasteiger partial charge in [0, 0.05) is 6.54 Å². The Morgan fingerprint density at radius 3 is 2.00 bits per heavy atom. The van der Waals surface area contributed by atoms with Gasteiger partial charge >= 0.3 is 0 Å². The lowest BCUT2D eigenvalue weighted by atomic mass is 10.0. The van der Waals surface area contributed by atoms with Crippen LogP contribution < -0.4 is 5.73 Å². The molecule has 4 heteroatoms. The van der Waals surface area contributed by atoms with Crippen LogP contribution in [0.3, 0.4) is 0 Å². The Morgan fingerprint density at radius 2 is 1.65 bits per heavy atom. The average molecular weight is 255 g/mol. The van der Waals surface area contributed by atoms with Gasteiger partial charge in [0.15, 0.2) is 9.84 Å². The van der Waals surface area contributed by atoms with Crippen LogP contribution in [0.1, 0.15) is 39.2 Å². The van der Waals surface area contributed by atoms with Crippen LogP contribution in [0.15, 0.2) is 29.2 Å². The van der Waals surface area contributed by atoms with E-state index in [1.807, 2.05) is 12.1 Å². The van der Waals surface area contributed by atoms with Gasteiger partial charge < -0.3 is 5.73 Å². The standard InChI is InChI=1S/C13H21NO2S/c1-10(2)11-5-7-12(8-6-11)17(15,16)13(3,4)9-14/h5-8,10H,9,14H2,1-4H3. The molecule has 0 bridgehead atoms. The minimum absolute atomic E-state index is 0.112. The highest BCUT2D eigenvalue weighted by atomic mass is 32.2. The highest BCUT2D eigenvalue weighted by molar-refractivity contribution is 7.92. The zero-order valence-corrected chi connectivity index (χ0v) is 11.7. The van der Waals surface area contributed by atoms with Gasteiger partial charge in [0.25, 0.3) is 0 Å². The fraction of sp³-hybridized carbons (Fsp3) is 0.538. The molecule has 96 valence electrons. The second-order valence-electron chi connectivity index (χ2n) is 5.19. The number of hydrogen-bond donors (Lipinski definition) is 1. The molecule has 0 heterocycles. The molecule has 0 amide bonds. The van der Waals surface area contributed by atoms with Gasteiger partial charge in [-0.1, -0.05) is 26.0 Å². The van der Waals surface area contributed by atoms with Crippen molar-refractivity contribution in [3.05, 3.63) is 29.8 Å². The predicted octanol–water partition coefficient (Wildman–Crippen LogP) is 2.32. The fourth-order valence-electron chi connectivity index (χ4n) is 1.46. The van der Waals surface area contributed by atoms with Gasteiger partial charge in [-0.3, -0.25) is 0 Å². The van der Waals surface area contributed by atoms with Gasteiger partial charge in [-0.2, -0.15) is 0 Å². The van der Waals surface area contributed by atoms with Crippen molar-refractivity contribution in [3.63, 3.8) is 0 Å². The summed E-state index contributed by atoms with van der Waals surface area (Å²) in [6.07, 6.45) is 0. The Labute approximate surface area is 104 Å².